The number of hydrogen-bond donors (Lipinski definition) is 2. The largest absolute Gasteiger partial charge is 0.381 e. The molecule has 1 aliphatic rings. The van der Waals surface area contributed by atoms with E-state index in [9.17, 15) is 9.59 Å². The third-order valence-corrected chi connectivity index (χ3v) is 2.29. The van der Waals surface area contributed by atoms with Crippen LogP contribution in [0.15, 0.2) is 9.59 Å². The molecule has 0 saturated carbocycles. The van der Waals surface area contributed by atoms with Crippen molar-refractivity contribution in [2.24, 2.45) is 0 Å². The predicted octanol–water partition coefficient (Wildman–Crippen LogP) is -0.648. The zero-order chi connectivity index (χ0) is 9.97. The fourth-order valence-electron chi connectivity index (χ4n) is 1.57. The average molecular weight is 197 g/mol. The molecule has 1 aromatic heterocycles. The molecule has 0 atom stereocenters. The van der Waals surface area contributed by atoms with E-state index in [0.29, 0.717) is 19.0 Å². The SMILES string of the molecule is O=c1nc(C2CCOCC2)[nH]c(=O)[nH]1. The van der Waals surface area contributed by atoms with Gasteiger partial charge in [0.15, 0.2) is 0 Å². The number of aromatic amines is 2. The molecule has 76 valence electrons. The highest BCUT2D eigenvalue weighted by molar-refractivity contribution is 4.94. The second-order valence-electron chi connectivity index (χ2n) is 3.27. The Morgan fingerprint density at radius 3 is 2.57 bits per heavy atom. The first-order valence-electron chi connectivity index (χ1n) is 4.54. The van der Waals surface area contributed by atoms with Gasteiger partial charge in [-0.2, -0.15) is 4.98 Å². The maximum Gasteiger partial charge on any atom is 0.350 e. The first-order chi connectivity index (χ1) is 6.75. The van der Waals surface area contributed by atoms with Gasteiger partial charge in [-0.25, -0.2) is 9.59 Å². The molecule has 14 heavy (non-hydrogen) atoms. The minimum atomic E-state index is -0.588. The summed E-state index contributed by atoms with van der Waals surface area (Å²) < 4.78 is 5.18. The van der Waals surface area contributed by atoms with Gasteiger partial charge in [-0.05, 0) is 12.8 Å². The molecule has 0 radical (unpaired) electrons. The zero-order valence-electron chi connectivity index (χ0n) is 7.58. The van der Waals surface area contributed by atoms with Crippen LogP contribution in [-0.4, -0.2) is 28.2 Å². The maximum atomic E-state index is 11.0. The molecule has 1 fully saturated rings. The number of rotatable bonds is 1. The van der Waals surface area contributed by atoms with Crippen LogP contribution in [0.4, 0.5) is 0 Å². The Kier molecular flexibility index (Phi) is 2.45. The highest BCUT2D eigenvalue weighted by Gasteiger charge is 2.18. The van der Waals surface area contributed by atoms with Gasteiger partial charge < -0.3 is 4.74 Å². The van der Waals surface area contributed by atoms with E-state index < -0.39 is 11.4 Å². The van der Waals surface area contributed by atoms with E-state index in [2.05, 4.69) is 9.97 Å². The summed E-state index contributed by atoms with van der Waals surface area (Å²) in [5, 5.41) is 0. The average Bonchev–Trinajstić information content (AvgIpc) is 2.18. The minimum absolute atomic E-state index is 0.138. The number of H-pyrrole nitrogens is 2. The van der Waals surface area contributed by atoms with Gasteiger partial charge in [0.25, 0.3) is 0 Å². The lowest BCUT2D eigenvalue weighted by Gasteiger charge is -2.20. The zero-order valence-corrected chi connectivity index (χ0v) is 7.58. The molecule has 1 saturated heterocycles. The third kappa shape index (κ3) is 1.90. The fourth-order valence-corrected chi connectivity index (χ4v) is 1.57. The molecule has 0 bridgehead atoms. The minimum Gasteiger partial charge on any atom is -0.381 e. The van der Waals surface area contributed by atoms with Gasteiger partial charge in [-0.15, -0.1) is 0 Å². The smallest absolute Gasteiger partial charge is 0.350 e. The van der Waals surface area contributed by atoms with Crippen LogP contribution < -0.4 is 11.4 Å². The summed E-state index contributed by atoms with van der Waals surface area (Å²) >= 11 is 0. The van der Waals surface area contributed by atoms with Crippen molar-refractivity contribution in [2.45, 2.75) is 18.8 Å². The molecule has 0 aliphatic carbocycles. The number of hydrogen-bond acceptors (Lipinski definition) is 4. The number of aromatic nitrogens is 3. The van der Waals surface area contributed by atoms with Crippen LogP contribution in [0.5, 0.6) is 0 Å². The molecule has 0 amide bonds. The first-order valence-corrected chi connectivity index (χ1v) is 4.54. The molecule has 2 rings (SSSR count). The highest BCUT2D eigenvalue weighted by Crippen LogP contribution is 2.22. The second-order valence-corrected chi connectivity index (χ2v) is 3.27. The maximum absolute atomic E-state index is 11.0. The van der Waals surface area contributed by atoms with E-state index in [1.54, 1.807) is 0 Å². The van der Waals surface area contributed by atoms with E-state index in [-0.39, 0.29) is 5.92 Å². The standard InChI is InChI=1S/C8H11N3O3/c12-7-9-6(10-8(13)11-7)5-1-3-14-4-2-5/h5H,1-4H2,(H2,9,10,11,12,13). The summed E-state index contributed by atoms with van der Waals surface area (Å²) in [7, 11) is 0. The molecule has 6 heteroatoms. The van der Waals surface area contributed by atoms with Crippen LogP contribution in [0, 0.1) is 0 Å². The van der Waals surface area contributed by atoms with E-state index in [4.69, 9.17) is 4.74 Å². The number of nitrogens with one attached hydrogen (secondary N) is 2. The molecule has 0 spiro atoms. The molecular weight excluding hydrogens is 186 g/mol. The Labute approximate surface area is 79.3 Å². The third-order valence-electron chi connectivity index (χ3n) is 2.29. The Balaban J connectivity index is 2.30. The van der Waals surface area contributed by atoms with Crippen molar-refractivity contribution in [1.82, 2.24) is 15.0 Å². The molecule has 1 aliphatic heterocycles. The van der Waals surface area contributed by atoms with E-state index in [1.165, 1.54) is 0 Å². The lowest BCUT2D eigenvalue weighted by molar-refractivity contribution is 0.0834. The highest BCUT2D eigenvalue weighted by atomic mass is 16.5. The molecule has 2 N–H and O–H groups in total. The van der Waals surface area contributed by atoms with Crippen molar-refractivity contribution in [3.63, 3.8) is 0 Å². The van der Waals surface area contributed by atoms with E-state index in [0.717, 1.165) is 12.8 Å². The van der Waals surface area contributed by atoms with Crippen LogP contribution in [0.3, 0.4) is 0 Å². The van der Waals surface area contributed by atoms with Crippen molar-refractivity contribution in [2.75, 3.05) is 13.2 Å². The Bertz CT molecular complexity index is 388. The second kappa shape index (κ2) is 3.75. The lowest BCUT2D eigenvalue weighted by atomic mass is 10.00. The van der Waals surface area contributed by atoms with Gasteiger partial charge in [0.1, 0.15) is 5.82 Å². The molecule has 1 aromatic rings. The van der Waals surface area contributed by atoms with Gasteiger partial charge >= 0.3 is 11.4 Å². The van der Waals surface area contributed by atoms with Gasteiger partial charge in [0, 0.05) is 19.1 Å². The van der Waals surface area contributed by atoms with E-state index in [1.807, 2.05) is 4.98 Å². The van der Waals surface area contributed by atoms with Crippen molar-refractivity contribution in [3.8, 4) is 0 Å². The van der Waals surface area contributed by atoms with Crippen molar-refractivity contribution < 1.29 is 4.74 Å². The van der Waals surface area contributed by atoms with Crippen LogP contribution in [0.25, 0.3) is 0 Å². The Morgan fingerprint density at radius 2 is 1.93 bits per heavy atom. The Hall–Kier alpha value is -1.43. The molecule has 6 nitrogen and oxygen atoms in total. The quantitative estimate of drug-likeness (QED) is 0.626. The van der Waals surface area contributed by atoms with Crippen LogP contribution in [0.2, 0.25) is 0 Å². The fraction of sp³-hybridized carbons (Fsp3) is 0.625. The van der Waals surface area contributed by atoms with Crippen molar-refractivity contribution in [1.29, 1.82) is 0 Å². The monoisotopic (exact) mass is 197 g/mol. The summed E-state index contributed by atoms with van der Waals surface area (Å²) in [6.07, 6.45) is 1.60. The normalized spacial score (nSPS) is 18.3. The number of ether oxygens (including phenoxy) is 1. The molecule has 0 aromatic carbocycles. The van der Waals surface area contributed by atoms with Gasteiger partial charge in [-0.1, -0.05) is 0 Å². The van der Waals surface area contributed by atoms with Crippen LogP contribution in [0.1, 0.15) is 24.6 Å². The summed E-state index contributed by atoms with van der Waals surface area (Å²) in [6, 6.07) is 0. The van der Waals surface area contributed by atoms with Crippen LogP contribution >= 0.6 is 0 Å². The Morgan fingerprint density at radius 1 is 1.21 bits per heavy atom. The topological polar surface area (TPSA) is 87.8 Å². The summed E-state index contributed by atoms with van der Waals surface area (Å²) in [6.45, 7) is 1.31. The summed E-state index contributed by atoms with van der Waals surface area (Å²) in [5.74, 6) is 0.612. The van der Waals surface area contributed by atoms with Crippen molar-refractivity contribution >= 4 is 0 Å². The van der Waals surface area contributed by atoms with Crippen LogP contribution in [-0.2, 0) is 4.74 Å². The lowest BCUT2D eigenvalue weighted by Crippen LogP contribution is -2.29. The number of nitrogens with zero attached hydrogens (tertiary/aromatic N) is 1. The summed E-state index contributed by atoms with van der Waals surface area (Å²) in [4.78, 5) is 30.2. The summed E-state index contributed by atoms with van der Waals surface area (Å²) in [5.41, 5.74) is -1.08. The van der Waals surface area contributed by atoms with Gasteiger partial charge in [0.05, 0.1) is 0 Å². The predicted molar refractivity (Wildman–Crippen MR) is 48.3 cm³/mol. The first kappa shape index (κ1) is 9.14. The molecule has 2 heterocycles. The van der Waals surface area contributed by atoms with Gasteiger partial charge in [-0.3, -0.25) is 9.97 Å². The molecular formula is C8H11N3O3. The van der Waals surface area contributed by atoms with E-state index >= 15 is 0 Å². The van der Waals surface area contributed by atoms with Crippen molar-refractivity contribution in [3.05, 3.63) is 26.8 Å². The van der Waals surface area contributed by atoms with Gasteiger partial charge in [0.2, 0.25) is 0 Å². The molecule has 0 unspecified atom stereocenters.